The molecule has 2 aliphatic rings. The Morgan fingerprint density at radius 1 is 0.500 bits per heavy atom. The van der Waals surface area contributed by atoms with Crippen molar-refractivity contribution in [1.29, 1.82) is 0 Å². The topological polar surface area (TPSA) is 288 Å². The lowest BCUT2D eigenvalue weighted by atomic mass is 10.1. The minimum Gasteiger partial charge on any atom is -0.484 e. The van der Waals surface area contributed by atoms with Gasteiger partial charge >= 0.3 is 0 Å². The standard InChI is InChI=1S/C50H66N8O14/c59-43(35-71-37-15-5-3-6-16-37)51-23-13-11-21-41-49(65)57-39(47(63)53-25-27-67-29-31-69-33-45(61)55-41)19-9-1-2-10-20-40-48(64)54-26-28-68-30-32-70-34-46(62)56-42(50(66)58-40)22-12-14-24-52-44(60)36-72-38-17-7-4-8-18-38/h3-8,15-18,39-42H,11-14,19-36H2,(H,51,59)(H,52,60)(H,53,63)(H,54,64)(H,55,61)(H,56,62)(H,57,65)(H,58,66)/t39-,40-,41+,42+/m1/s1. The summed E-state index contributed by atoms with van der Waals surface area (Å²) in [6, 6.07) is 13.3. The van der Waals surface area contributed by atoms with Crippen LogP contribution >= 0.6 is 0 Å². The molecule has 2 aromatic carbocycles. The molecule has 8 N–H and O–H groups in total. The summed E-state index contributed by atoms with van der Waals surface area (Å²) in [4.78, 5) is 104. The molecular formula is C50H66N8O14. The van der Waals surface area contributed by atoms with Crippen molar-refractivity contribution in [1.82, 2.24) is 42.5 Å². The highest BCUT2D eigenvalue weighted by Crippen LogP contribution is 2.10. The first-order chi connectivity index (χ1) is 35.1. The van der Waals surface area contributed by atoms with Crippen LogP contribution in [0.15, 0.2) is 60.7 Å². The molecule has 22 heteroatoms. The summed E-state index contributed by atoms with van der Waals surface area (Å²) in [5.74, 6) is 7.82. The van der Waals surface area contributed by atoms with Gasteiger partial charge in [0.2, 0.25) is 35.4 Å². The number of amides is 8. The average molecular weight is 1000 g/mol. The van der Waals surface area contributed by atoms with Crippen LogP contribution < -0.4 is 52.0 Å². The minimum atomic E-state index is -1.17. The van der Waals surface area contributed by atoms with Crippen LogP contribution in [-0.4, -0.2) is 164 Å². The van der Waals surface area contributed by atoms with Crippen molar-refractivity contribution in [2.75, 3.05) is 92.2 Å². The first-order valence-corrected chi connectivity index (χ1v) is 24.0. The highest BCUT2D eigenvalue weighted by molar-refractivity contribution is 5.93. The number of carbonyl (C=O) groups excluding carboxylic acids is 8. The SMILES string of the molecule is O=C(COc1ccccc1)NCCCC[C@@H]1NC(=O)COCCOCCNC(=O)[C@@H](CC#CC#CC[C@H]2NC(=O)[C@H](CCCCNC(=O)COc3ccccc3)NC(=O)COCCOCCNC2=O)NC1=O. The van der Waals surface area contributed by atoms with E-state index in [1.54, 1.807) is 48.5 Å². The van der Waals surface area contributed by atoms with Crippen molar-refractivity contribution in [2.45, 2.75) is 75.5 Å². The molecule has 0 bridgehead atoms. The van der Waals surface area contributed by atoms with Gasteiger partial charge in [-0.25, -0.2) is 0 Å². The van der Waals surface area contributed by atoms with Crippen LogP contribution in [0, 0.1) is 23.7 Å². The number of hydrogen-bond donors (Lipinski definition) is 8. The molecule has 2 aliphatic heterocycles. The molecule has 2 saturated heterocycles. The van der Waals surface area contributed by atoms with Crippen molar-refractivity contribution >= 4 is 47.3 Å². The number of unbranched alkanes of at least 4 members (excludes halogenated alkanes) is 2. The summed E-state index contributed by atoms with van der Waals surface area (Å²) in [5, 5.41) is 21.7. The zero-order chi connectivity index (χ0) is 51.4. The summed E-state index contributed by atoms with van der Waals surface area (Å²) in [6.45, 7) is 0.688. The molecule has 8 amide bonds. The normalized spacial score (nSPS) is 20.0. The van der Waals surface area contributed by atoms with E-state index in [4.69, 9.17) is 28.4 Å². The maximum atomic E-state index is 13.7. The van der Waals surface area contributed by atoms with Crippen molar-refractivity contribution in [2.24, 2.45) is 0 Å². The largest absolute Gasteiger partial charge is 0.484 e. The van der Waals surface area contributed by atoms with E-state index >= 15 is 0 Å². The Hall–Kier alpha value is -7.24. The highest BCUT2D eigenvalue weighted by atomic mass is 16.5. The van der Waals surface area contributed by atoms with Crippen LogP contribution in [0.2, 0.25) is 0 Å². The molecule has 0 spiro atoms. The molecule has 4 rings (SSSR count). The van der Waals surface area contributed by atoms with Crippen LogP contribution in [0.5, 0.6) is 11.5 Å². The third-order valence-electron chi connectivity index (χ3n) is 10.4. The lowest BCUT2D eigenvalue weighted by Gasteiger charge is -2.22. The van der Waals surface area contributed by atoms with Gasteiger partial charge in [0, 0.05) is 39.0 Å². The zero-order valence-electron chi connectivity index (χ0n) is 40.4. The number of para-hydroxylation sites is 2. The van der Waals surface area contributed by atoms with Crippen LogP contribution in [0.3, 0.4) is 0 Å². The number of ether oxygens (including phenoxy) is 6. The fourth-order valence-corrected chi connectivity index (χ4v) is 6.71. The van der Waals surface area contributed by atoms with E-state index in [0.29, 0.717) is 50.3 Å². The zero-order valence-corrected chi connectivity index (χ0v) is 40.4. The van der Waals surface area contributed by atoms with Gasteiger partial charge in [-0.2, -0.15) is 0 Å². The molecule has 72 heavy (non-hydrogen) atoms. The Kier molecular flexibility index (Phi) is 27.8. The van der Waals surface area contributed by atoms with Crippen LogP contribution in [0.4, 0.5) is 0 Å². The Balaban J connectivity index is 1.35. The quantitative estimate of drug-likeness (QED) is 0.0642. The van der Waals surface area contributed by atoms with Crippen molar-refractivity contribution in [3.05, 3.63) is 60.7 Å². The van der Waals surface area contributed by atoms with E-state index in [1.807, 2.05) is 12.1 Å². The van der Waals surface area contributed by atoms with Gasteiger partial charge in [0.05, 0.1) is 39.6 Å². The molecule has 4 atom stereocenters. The fraction of sp³-hybridized carbons (Fsp3) is 0.520. The second-order valence-corrected chi connectivity index (χ2v) is 16.2. The highest BCUT2D eigenvalue weighted by Gasteiger charge is 2.28. The van der Waals surface area contributed by atoms with Gasteiger partial charge in [-0.05, 0) is 74.6 Å². The Labute approximate surface area is 419 Å². The third kappa shape index (κ3) is 25.0. The lowest BCUT2D eigenvalue weighted by Crippen LogP contribution is -2.54. The second-order valence-electron chi connectivity index (χ2n) is 16.2. The van der Waals surface area contributed by atoms with E-state index < -0.39 is 59.6 Å². The average Bonchev–Trinajstić information content (AvgIpc) is 3.38. The predicted octanol–water partition coefficient (Wildman–Crippen LogP) is -1.23. The number of carbonyl (C=O) groups is 8. The smallest absolute Gasteiger partial charge is 0.257 e. The van der Waals surface area contributed by atoms with Gasteiger partial charge in [-0.1, -0.05) is 48.2 Å². The van der Waals surface area contributed by atoms with E-state index in [1.165, 1.54) is 0 Å². The molecule has 0 unspecified atom stereocenters. The molecule has 0 aliphatic carbocycles. The van der Waals surface area contributed by atoms with E-state index in [9.17, 15) is 38.4 Å². The van der Waals surface area contributed by atoms with Crippen molar-refractivity contribution < 1.29 is 66.8 Å². The van der Waals surface area contributed by atoms with Gasteiger partial charge in [0.25, 0.3) is 11.8 Å². The minimum absolute atomic E-state index is 0.114. The Morgan fingerprint density at radius 3 is 1.32 bits per heavy atom. The predicted molar refractivity (Wildman–Crippen MR) is 259 cm³/mol. The van der Waals surface area contributed by atoms with Crippen LogP contribution in [0.25, 0.3) is 0 Å². The van der Waals surface area contributed by atoms with Crippen molar-refractivity contribution in [3.8, 4) is 35.2 Å². The van der Waals surface area contributed by atoms with Gasteiger partial charge in [0.15, 0.2) is 13.2 Å². The summed E-state index contributed by atoms with van der Waals surface area (Å²) in [7, 11) is 0. The van der Waals surface area contributed by atoms with Crippen LogP contribution in [0.1, 0.15) is 51.4 Å². The molecule has 0 saturated carbocycles. The molecule has 2 aromatic rings. The number of hydrogen-bond acceptors (Lipinski definition) is 14. The van der Waals surface area contributed by atoms with Gasteiger partial charge in [0.1, 0.15) is 48.9 Å². The fourth-order valence-electron chi connectivity index (χ4n) is 6.71. The molecule has 0 aromatic heterocycles. The van der Waals surface area contributed by atoms with Gasteiger partial charge in [-0.15, -0.1) is 0 Å². The molecule has 22 nitrogen and oxygen atoms in total. The van der Waals surface area contributed by atoms with E-state index in [0.717, 1.165) is 0 Å². The third-order valence-corrected chi connectivity index (χ3v) is 10.4. The van der Waals surface area contributed by atoms with Crippen molar-refractivity contribution in [3.63, 3.8) is 0 Å². The Bertz CT molecular complexity index is 2010. The van der Waals surface area contributed by atoms with Gasteiger partial charge in [-0.3, -0.25) is 38.4 Å². The molecule has 390 valence electrons. The summed E-state index contributed by atoms with van der Waals surface area (Å²) < 4.78 is 32.6. The first kappa shape index (κ1) is 57.3. The number of benzene rings is 2. The van der Waals surface area contributed by atoms with Crippen LogP contribution in [-0.2, 0) is 57.3 Å². The number of rotatable bonds is 18. The maximum Gasteiger partial charge on any atom is 0.257 e. The summed E-state index contributed by atoms with van der Waals surface area (Å²) >= 11 is 0. The number of nitrogens with one attached hydrogen (secondary N) is 8. The van der Waals surface area contributed by atoms with E-state index in [2.05, 4.69) is 66.2 Å². The molecular weight excluding hydrogens is 937 g/mol. The monoisotopic (exact) mass is 1000 g/mol. The Morgan fingerprint density at radius 2 is 0.903 bits per heavy atom. The lowest BCUT2D eigenvalue weighted by molar-refractivity contribution is -0.133. The first-order valence-electron chi connectivity index (χ1n) is 24.0. The summed E-state index contributed by atoms with van der Waals surface area (Å²) in [5.41, 5.74) is 0. The molecule has 2 fully saturated rings. The van der Waals surface area contributed by atoms with Gasteiger partial charge < -0.3 is 71.0 Å². The molecule has 0 radical (unpaired) electrons. The molecule has 2 heterocycles. The second kappa shape index (κ2) is 35.0. The maximum absolute atomic E-state index is 13.7. The van der Waals surface area contributed by atoms with E-state index in [-0.39, 0.29) is 117 Å². The summed E-state index contributed by atoms with van der Waals surface area (Å²) in [6.07, 6.45) is 1.76.